The van der Waals surface area contributed by atoms with Crippen LogP contribution in [0.5, 0.6) is 0 Å². The zero-order valence-corrected chi connectivity index (χ0v) is 10.2. The number of aliphatic hydroxyl groups excluding tert-OH is 1. The van der Waals surface area contributed by atoms with Crippen LogP contribution in [0.25, 0.3) is 0 Å². The van der Waals surface area contributed by atoms with Crippen LogP contribution in [0.2, 0.25) is 0 Å². The van der Waals surface area contributed by atoms with E-state index in [0.29, 0.717) is 25.9 Å². The summed E-state index contributed by atoms with van der Waals surface area (Å²) in [6, 6.07) is 2.97. The fourth-order valence-corrected chi connectivity index (χ4v) is 2.40. The van der Waals surface area contributed by atoms with Gasteiger partial charge in [-0.3, -0.25) is 0 Å². The molecule has 1 aromatic rings. The number of amides is 1. The Morgan fingerprint density at radius 1 is 1.32 bits per heavy atom. The van der Waals surface area contributed by atoms with E-state index in [1.807, 2.05) is 0 Å². The number of hydrogen-bond acceptors (Lipinski definition) is 2. The van der Waals surface area contributed by atoms with Crippen LogP contribution in [0.1, 0.15) is 24.5 Å². The van der Waals surface area contributed by atoms with Crippen LogP contribution in [0.15, 0.2) is 18.2 Å². The molecule has 1 aromatic carbocycles. The van der Waals surface area contributed by atoms with Crippen LogP contribution in [-0.2, 0) is 0 Å². The van der Waals surface area contributed by atoms with Crippen molar-refractivity contribution >= 4 is 6.09 Å². The molecule has 2 N–H and O–H groups in total. The second-order valence-corrected chi connectivity index (χ2v) is 4.72. The van der Waals surface area contributed by atoms with Gasteiger partial charge in [0, 0.05) is 18.7 Å². The van der Waals surface area contributed by atoms with Crippen LogP contribution < -0.4 is 0 Å². The van der Waals surface area contributed by atoms with E-state index in [0.717, 1.165) is 18.2 Å². The number of likely N-dealkylation sites (tertiary alicyclic amines) is 1. The number of piperidine rings is 1. The second kappa shape index (κ2) is 5.52. The number of hydrogen-bond donors (Lipinski definition) is 2. The summed E-state index contributed by atoms with van der Waals surface area (Å²) in [5.74, 6) is -1.50. The van der Waals surface area contributed by atoms with E-state index >= 15 is 0 Å². The number of nitrogens with zero attached hydrogens (tertiary/aromatic N) is 1. The molecule has 6 heteroatoms. The summed E-state index contributed by atoms with van der Waals surface area (Å²) in [4.78, 5) is 12.0. The molecule has 4 nitrogen and oxygen atoms in total. The molecule has 0 aromatic heterocycles. The monoisotopic (exact) mass is 271 g/mol. The number of aliphatic hydroxyl groups is 1. The highest BCUT2D eigenvalue weighted by Gasteiger charge is 2.29. The van der Waals surface area contributed by atoms with E-state index in [1.165, 1.54) is 4.90 Å². The Balaban J connectivity index is 2.07. The lowest BCUT2D eigenvalue weighted by molar-refractivity contribution is 0.0552. The first-order valence-corrected chi connectivity index (χ1v) is 6.10. The first-order chi connectivity index (χ1) is 8.99. The maximum absolute atomic E-state index is 13.5. The molecule has 0 saturated carbocycles. The molecule has 0 radical (unpaired) electrons. The standard InChI is InChI=1S/C13H15F2NO3/c14-9-1-2-11(15)10(7-9)12(17)8-3-5-16(6-4-8)13(18)19/h1-2,7-8,12,17H,3-6H2,(H,18,19). The molecule has 1 fully saturated rings. The van der Waals surface area contributed by atoms with Gasteiger partial charge in [0.05, 0.1) is 6.10 Å². The zero-order valence-electron chi connectivity index (χ0n) is 10.2. The van der Waals surface area contributed by atoms with Crippen LogP contribution in [-0.4, -0.2) is 34.3 Å². The molecule has 19 heavy (non-hydrogen) atoms. The lowest BCUT2D eigenvalue weighted by Crippen LogP contribution is -2.39. The fourth-order valence-electron chi connectivity index (χ4n) is 2.40. The second-order valence-electron chi connectivity index (χ2n) is 4.72. The van der Waals surface area contributed by atoms with Crippen LogP contribution in [0.3, 0.4) is 0 Å². The molecule has 104 valence electrons. The Hall–Kier alpha value is -1.69. The van der Waals surface area contributed by atoms with Crippen LogP contribution >= 0.6 is 0 Å². The van der Waals surface area contributed by atoms with Crippen molar-refractivity contribution in [3.8, 4) is 0 Å². The average molecular weight is 271 g/mol. The van der Waals surface area contributed by atoms with Gasteiger partial charge < -0.3 is 15.1 Å². The van der Waals surface area contributed by atoms with E-state index in [9.17, 15) is 18.7 Å². The molecule has 0 bridgehead atoms. The third kappa shape index (κ3) is 3.01. The van der Waals surface area contributed by atoms with Crippen molar-refractivity contribution in [3.05, 3.63) is 35.4 Å². The average Bonchev–Trinajstić information content (AvgIpc) is 2.41. The number of carbonyl (C=O) groups is 1. The van der Waals surface area contributed by atoms with E-state index < -0.39 is 23.8 Å². The van der Waals surface area contributed by atoms with Gasteiger partial charge in [-0.2, -0.15) is 0 Å². The van der Waals surface area contributed by atoms with Crippen molar-refractivity contribution in [3.63, 3.8) is 0 Å². The third-order valence-electron chi connectivity index (χ3n) is 3.53. The molecule has 1 aliphatic heterocycles. The minimum absolute atomic E-state index is 0.0613. The van der Waals surface area contributed by atoms with Gasteiger partial charge in [0.15, 0.2) is 0 Å². The predicted octanol–water partition coefficient (Wildman–Crippen LogP) is 2.39. The number of halogens is 2. The summed E-state index contributed by atoms with van der Waals surface area (Å²) < 4.78 is 26.6. The molecule has 1 heterocycles. The van der Waals surface area contributed by atoms with Gasteiger partial charge >= 0.3 is 6.09 Å². The SMILES string of the molecule is O=C(O)N1CCC(C(O)c2cc(F)ccc2F)CC1. The van der Waals surface area contributed by atoms with Gasteiger partial charge in [-0.15, -0.1) is 0 Å². The lowest BCUT2D eigenvalue weighted by atomic mass is 9.87. The van der Waals surface area contributed by atoms with Crippen molar-refractivity contribution in [1.29, 1.82) is 0 Å². The normalized spacial score (nSPS) is 18.4. The summed E-state index contributed by atoms with van der Waals surface area (Å²) in [5, 5.41) is 18.9. The minimum atomic E-state index is -1.10. The number of benzene rings is 1. The van der Waals surface area contributed by atoms with Crippen molar-refractivity contribution in [2.24, 2.45) is 5.92 Å². The van der Waals surface area contributed by atoms with Crippen molar-refractivity contribution < 1.29 is 23.8 Å². The Bertz CT molecular complexity index is 473. The number of carboxylic acid groups (broad SMARTS) is 1. The zero-order chi connectivity index (χ0) is 14.0. The van der Waals surface area contributed by atoms with Gasteiger partial charge in [-0.1, -0.05) is 0 Å². The van der Waals surface area contributed by atoms with Gasteiger partial charge in [0.1, 0.15) is 11.6 Å². The van der Waals surface area contributed by atoms with E-state index in [-0.39, 0.29) is 11.5 Å². The fraction of sp³-hybridized carbons (Fsp3) is 0.462. The Morgan fingerprint density at radius 3 is 2.53 bits per heavy atom. The maximum atomic E-state index is 13.5. The largest absolute Gasteiger partial charge is 0.465 e. The van der Waals surface area contributed by atoms with Gasteiger partial charge in [0.2, 0.25) is 0 Å². The van der Waals surface area contributed by atoms with Crippen molar-refractivity contribution in [2.75, 3.05) is 13.1 Å². The van der Waals surface area contributed by atoms with Gasteiger partial charge in [-0.05, 0) is 37.0 Å². The highest BCUT2D eigenvalue weighted by atomic mass is 19.1. The summed E-state index contributed by atoms with van der Waals surface area (Å²) >= 11 is 0. The molecule has 0 aliphatic carbocycles. The lowest BCUT2D eigenvalue weighted by Gasteiger charge is -2.32. The smallest absolute Gasteiger partial charge is 0.407 e. The highest BCUT2D eigenvalue weighted by Crippen LogP contribution is 2.32. The molecule has 1 unspecified atom stereocenters. The Labute approximate surface area is 109 Å². The topological polar surface area (TPSA) is 60.8 Å². The Morgan fingerprint density at radius 2 is 1.95 bits per heavy atom. The van der Waals surface area contributed by atoms with E-state index in [4.69, 9.17) is 5.11 Å². The van der Waals surface area contributed by atoms with Crippen molar-refractivity contribution in [2.45, 2.75) is 18.9 Å². The molecular formula is C13H15F2NO3. The highest BCUT2D eigenvalue weighted by molar-refractivity contribution is 5.64. The van der Waals surface area contributed by atoms with E-state index in [2.05, 4.69) is 0 Å². The summed E-state index contributed by atoms with van der Waals surface area (Å²) in [6.45, 7) is 0.599. The minimum Gasteiger partial charge on any atom is -0.465 e. The van der Waals surface area contributed by atoms with Crippen LogP contribution in [0.4, 0.5) is 13.6 Å². The predicted molar refractivity (Wildman–Crippen MR) is 63.6 cm³/mol. The summed E-state index contributed by atoms with van der Waals surface area (Å²) in [7, 11) is 0. The van der Waals surface area contributed by atoms with E-state index in [1.54, 1.807) is 0 Å². The number of rotatable bonds is 2. The molecule has 1 aliphatic rings. The molecule has 1 atom stereocenters. The van der Waals surface area contributed by atoms with Crippen molar-refractivity contribution in [1.82, 2.24) is 4.90 Å². The first kappa shape index (κ1) is 13.7. The quantitative estimate of drug-likeness (QED) is 0.868. The van der Waals surface area contributed by atoms with Crippen LogP contribution in [0, 0.1) is 17.6 Å². The summed E-state index contributed by atoms with van der Waals surface area (Å²) in [6.07, 6.45) is -1.23. The molecule has 2 rings (SSSR count). The van der Waals surface area contributed by atoms with Gasteiger partial charge in [-0.25, -0.2) is 13.6 Å². The molecule has 1 amide bonds. The van der Waals surface area contributed by atoms with Gasteiger partial charge in [0.25, 0.3) is 0 Å². The molecular weight excluding hydrogens is 256 g/mol. The molecule has 0 spiro atoms. The maximum Gasteiger partial charge on any atom is 0.407 e. The first-order valence-electron chi connectivity index (χ1n) is 6.10. The Kier molecular flexibility index (Phi) is 3.99. The molecule has 1 saturated heterocycles. The summed E-state index contributed by atoms with van der Waals surface area (Å²) in [5.41, 5.74) is -0.0613. The third-order valence-corrected chi connectivity index (χ3v) is 3.53.